The van der Waals surface area contributed by atoms with Crippen LogP contribution >= 0.6 is 0 Å². The van der Waals surface area contributed by atoms with E-state index < -0.39 is 18.1 Å². The number of likely N-dealkylation sites (N-methyl/N-ethyl adjacent to an activating group) is 1. The van der Waals surface area contributed by atoms with Crippen LogP contribution in [0.4, 0.5) is 0 Å². The molecule has 306 valence electrons. The molecule has 2 atom stereocenters. The van der Waals surface area contributed by atoms with Gasteiger partial charge < -0.3 is 23.8 Å². The minimum Gasteiger partial charge on any atom is -0.477 e. The number of carbonyl (C=O) groups is 3. The van der Waals surface area contributed by atoms with Gasteiger partial charge in [-0.05, 0) is 51.4 Å². The Bertz CT molecular complexity index is 1010. The van der Waals surface area contributed by atoms with Gasteiger partial charge >= 0.3 is 17.9 Å². The van der Waals surface area contributed by atoms with Gasteiger partial charge in [0, 0.05) is 19.3 Å². The number of hydrogen-bond acceptors (Lipinski definition) is 6. The second-order valence-electron chi connectivity index (χ2n) is 15.2. The van der Waals surface area contributed by atoms with Crippen molar-refractivity contribution in [1.29, 1.82) is 0 Å². The molecule has 0 aliphatic heterocycles. The number of rotatable bonds is 37. The first-order valence-electron chi connectivity index (χ1n) is 21.2. The van der Waals surface area contributed by atoms with E-state index in [2.05, 4.69) is 62.5 Å². The molecule has 0 rings (SSSR count). The summed E-state index contributed by atoms with van der Waals surface area (Å²) in [5, 5.41) is 9.59. The fourth-order valence-corrected chi connectivity index (χ4v) is 5.96. The molecule has 8 nitrogen and oxygen atoms in total. The van der Waals surface area contributed by atoms with Crippen LogP contribution in [0.3, 0.4) is 0 Å². The molecular formula is C45H80NO7+. The highest BCUT2D eigenvalue weighted by Gasteiger charge is 2.31. The summed E-state index contributed by atoms with van der Waals surface area (Å²) in [4.78, 5) is 36.8. The molecule has 0 saturated heterocycles. The zero-order valence-electron chi connectivity index (χ0n) is 34.7. The Labute approximate surface area is 325 Å². The molecule has 0 saturated carbocycles. The average Bonchev–Trinajstić information content (AvgIpc) is 3.11. The van der Waals surface area contributed by atoms with Crippen molar-refractivity contribution >= 4 is 17.9 Å². The monoisotopic (exact) mass is 747 g/mol. The number of ether oxygens (including phenoxy) is 3. The summed E-state index contributed by atoms with van der Waals surface area (Å²) in [7, 11) is 5.51. The van der Waals surface area contributed by atoms with Crippen molar-refractivity contribution in [2.75, 3.05) is 41.0 Å². The van der Waals surface area contributed by atoms with E-state index in [0.717, 1.165) is 70.6 Å². The standard InChI is InChI=1S/C45H79NO7/c1-6-8-10-12-14-16-17-18-19-20-21-22-23-24-25-26-28-29-31-33-35-43(47)52-40-41(39-51-38-37-42(45(49)50)46(3,4)5)53-44(48)36-34-32-30-27-15-13-11-9-7-2/h8,10,14,16,18-19,21-22,41-42H,6-7,9,11-13,15,17,20,23-40H2,1-5H3/p+1/b10-8+,16-14+,19-18+,22-21+. The van der Waals surface area contributed by atoms with Crippen molar-refractivity contribution in [3.8, 4) is 0 Å². The Kier molecular flexibility index (Phi) is 34.4. The summed E-state index contributed by atoms with van der Waals surface area (Å²) in [6.45, 7) is 4.58. The second kappa shape index (κ2) is 36.3. The van der Waals surface area contributed by atoms with Crippen molar-refractivity contribution in [2.45, 2.75) is 180 Å². The van der Waals surface area contributed by atoms with Crippen LogP contribution < -0.4 is 0 Å². The number of quaternary nitrogens is 1. The predicted octanol–water partition coefficient (Wildman–Crippen LogP) is 11.2. The molecular weight excluding hydrogens is 666 g/mol. The van der Waals surface area contributed by atoms with Crippen molar-refractivity contribution < 1.29 is 38.2 Å². The Hall–Kier alpha value is -2.71. The van der Waals surface area contributed by atoms with Crippen molar-refractivity contribution in [1.82, 2.24) is 0 Å². The van der Waals surface area contributed by atoms with E-state index in [9.17, 15) is 19.5 Å². The molecule has 0 heterocycles. The molecule has 0 radical (unpaired) electrons. The first-order chi connectivity index (χ1) is 25.6. The van der Waals surface area contributed by atoms with E-state index in [4.69, 9.17) is 14.2 Å². The van der Waals surface area contributed by atoms with Gasteiger partial charge in [0.2, 0.25) is 0 Å². The van der Waals surface area contributed by atoms with Gasteiger partial charge in [0.25, 0.3) is 0 Å². The molecule has 0 spiro atoms. The van der Waals surface area contributed by atoms with Crippen LogP contribution in [0.5, 0.6) is 0 Å². The van der Waals surface area contributed by atoms with Gasteiger partial charge in [0.15, 0.2) is 12.1 Å². The number of allylic oxidation sites excluding steroid dienone is 8. The smallest absolute Gasteiger partial charge is 0.362 e. The van der Waals surface area contributed by atoms with E-state index in [1.165, 1.54) is 64.2 Å². The molecule has 0 amide bonds. The predicted molar refractivity (Wildman–Crippen MR) is 220 cm³/mol. The summed E-state index contributed by atoms with van der Waals surface area (Å²) < 4.78 is 17.2. The van der Waals surface area contributed by atoms with Crippen molar-refractivity contribution in [2.24, 2.45) is 0 Å². The number of hydrogen-bond donors (Lipinski definition) is 1. The summed E-state index contributed by atoms with van der Waals surface area (Å²) >= 11 is 0. The molecule has 0 aromatic heterocycles. The van der Waals surface area contributed by atoms with Gasteiger partial charge in [0.05, 0.1) is 34.4 Å². The number of carboxylic acids is 1. The number of nitrogens with zero attached hydrogens (tertiary/aromatic N) is 1. The summed E-state index contributed by atoms with van der Waals surface area (Å²) in [6.07, 6.45) is 41.5. The molecule has 2 unspecified atom stereocenters. The highest BCUT2D eigenvalue weighted by Crippen LogP contribution is 2.14. The highest BCUT2D eigenvalue weighted by molar-refractivity contribution is 5.72. The molecule has 8 heteroatoms. The number of aliphatic carboxylic acids is 1. The van der Waals surface area contributed by atoms with Gasteiger partial charge in [-0.15, -0.1) is 0 Å². The van der Waals surface area contributed by atoms with Crippen LogP contribution in [-0.2, 0) is 28.6 Å². The number of carbonyl (C=O) groups excluding carboxylic acids is 2. The van der Waals surface area contributed by atoms with E-state index in [1.54, 1.807) is 0 Å². The van der Waals surface area contributed by atoms with Crippen LogP contribution in [0.15, 0.2) is 48.6 Å². The topological polar surface area (TPSA) is 99.1 Å². The Balaban J connectivity index is 4.28. The molecule has 0 fully saturated rings. The highest BCUT2D eigenvalue weighted by atomic mass is 16.6. The minimum atomic E-state index is -0.878. The zero-order valence-corrected chi connectivity index (χ0v) is 34.7. The molecule has 0 bridgehead atoms. The van der Waals surface area contributed by atoms with E-state index in [1.807, 2.05) is 21.1 Å². The van der Waals surface area contributed by atoms with Crippen LogP contribution in [-0.4, -0.2) is 80.6 Å². The molecule has 53 heavy (non-hydrogen) atoms. The third-order valence-corrected chi connectivity index (χ3v) is 9.24. The summed E-state index contributed by atoms with van der Waals surface area (Å²) in [5.41, 5.74) is 0. The van der Waals surface area contributed by atoms with E-state index >= 15 is 0 Å². The second-order valence-corrected chi connectivity index (χ2v) is 15.2. The van der Waals surface area contributed by atoms with Crippen LogP contribution in [0.2, 0.25) is 0 Å². The molecule has 0 aliphatic carbocycles. The maximum absolute atomic E-state index is 12.6. The quantitative estimate of drug-likeness (QED) is 0.0292. The first-order valence-corrected chi connectivity index (χ1v) is 21.2. The zero-order chi connectivity index (χ0) is 39.3. The lowest BCUT2D eigenvalue weighted by atomic mass is 10.1. The lowest BCUT2D eigenvalue weighted by molar-refractivity contribution is -0.887. The summed E-state index contributed by atoms with van der Waals surface area (Å²) in [6, 6.07) is -0.614. The van der Waals surface area contributed by atoms with Gasteiger partial charge in [0.1, 0.15) is 6.61 Å². The van der Waals surface area contributed by atoms with Crippen LogP contribution in [0.1, 0.15) is 168 Å². The lowest BCUT2D eigenvalue weighted by Gasteiger charge is -2.31. The normalized spacial score (nSPS) is 13.5. The largest absolute Gasteiger partial charge is 0.477 e. The van der Waals surface area contributed by atoms with Gasteiger partial charge in [-0.1, -0.05) is 146 Å². The van der Waals surface area contributed by atoms with Gasteiger partial charge in [-0.2, -0.15) is 0 Å². The Morgan fingerprint density at radius 2 is 1.06 bits per heavy atom. The number of esters is 2. The van der Waals surface area contributed by atoms with E-state index in [-0.39, 0.29) is 36.2 Å². The molecule has 0 aromatic rings. The van der Waals surface area contributed by atoms with Crippen LogP contribution in [0.25, 0.3) is 0 Å². The molecule has 0 aliphatic rings. The summed E-state index contributed by atoms with van der Waals surface area (Å²) in [5.74, 6) is -1.48. The SMILES string of the molecule is CC/C=C/C/C=C/C/C=C/C/C=C/CCCCCCCCCC(=O)OCC(COCCC(C(=O)O)[N+](C)(C)C)OC(=O)CCCCCCCCCCC. The maximum Gasteiger partial charge on any atom is 0.362 e. The average molecular weight is 747 g/mol. The first kappa shape index (κ1) is 50.3. The van der Waals surface area contributed by atoms with Crippen LogP contribution in [0, 0.1) is 0 Å². The lowest BCUT2D eigenvalue weighted by Crippen LogP contribution is -2.50. The number of carboxylic acid groups (broad SMARTS) is 1. The fourth-order valence-electron chi connectivity index (χ4n) is 5.96. The number of unbranched alkanes of at least 4 members (excludes halogenated alkanes) is 15. The Morgan fingerprint density at radius 3 is 1.57 bits per heavy atom. The van der Waals surface area contributed by atoms with Gasteiger partial charge in [-0.25, -0.2) is 4.79 Å². The molecule has 0 aromatic carbocycles. The maximum atomic E-state index is 12.6. The third kappa shape index (κ3) is 34.8. The van der Waals surface area contributed by atoms with Crippen molar-refractivity contribution in [3.63, 3.8) is 0 Å². The van der Waals surface area contributed by atoms with E-state index in [0.29, 0.717) is 19.3 Å². The fraction of sp³-hybridized carbons (Fsp3) is 0.756. The Morgan fingerprint density at radius 1 is 0.585 bits per heavy atom. The minimum absolute atomic E-state index is 0.0562. The molecule has 1 N–H and O–H groups in total. The van der Waals surface area contributed by atoms with Gasteiger partial charge in [-0.3, -0.25) is 9.59 Å². The third-order valence-electron chi connectivity index (χ3n) is 9.24. The van der Waals surface area contributed by atoms with Crippen molar-refractivity contribution in [3.05, 3.63) is 48.6 Å².